The lowest BCUT2D eigenvalue weighted by atomic mass is 9.96. The summed E-state index contributed by atoms with van der Waals surface area (Å²) in [5, 5.41) is 2.90. The van der Waals surface area contributed by atoms with Crippen LogP contribution in [-0.4, -0.2) is 63.2 Å². The number of furan rings is 1. The Bertz CT molecular complexity index is 945. The first kappa shape index (κ1) is 21.1. The summed E-state index contributed by atoms with van der Waals surface area (Å²) in [4.78, 5) is 26.6. The molecule has 1 fully saturated rings. The van der Waals surface area contributed by atoms with Crippen LogP contribution in [-0.2, 0) is 10.0 Å². The van der Waals surface area contributed by atoms with E-state index >= 15 is 0 Å². The van der Waals surface area contributed by atoms with Gasteiger partial charge in [-0.25, -0.2) is 12.7 Å². The van der Waals surface area contributed by atoms with Crippen LogP contribution in [0.4, 0.5) is 0 Å². The van der Waals surface area contributed by atoms with E-state index < -0.39 is 10.0 Å². The quantitative estimate of drug-likeness (QED) is 0.770. The fourth-order valence-electron chi connectivity index (χ4n) is 3.24. The Morgan fingerprint density at radius 3 is 2.31 bits per heavy atom. The van der Waals surface area contributed by atoms with Gasteiger partial charge < -0.3 is 14.6 Å². The van der Waals surface area contributed by atoms with E-state index in [9.17, 15) is 18.0 Å². The number of nitrogens with zero attached hydrogens (tertiary/aromatic N) is 2. The molecule has 2 heterocycles. The molecule has 0 spiro atoms. The standard InChI is InChI=1S/C20H25N3O5S/c1-22(2)29(26,27)18-5-3-16(4-6-18)19(24)21-13-15-7-10-23(11-8-15)20(25)17-9-12-28-14-17/h3-6,9,12,14-15H,7-8,10-11,13H2,1-2H3,(H,21,24). The lowest BCUT2D eigenvalue weighted by molar-refractivity contribution is 0.0683. The SMILES string of the molecule is CN(C)S(=O)(=O)c1ccc(C(=O)NCC2CCN(C(=O)c3ccoc3)CC2)cc1. The van der Waals surface area contributed by atoms with E-state index in [0.29, 0.717) is 36.7 Å². The summed E-state index contributed by atoms with van der Waals surface area (Å²) in [5.74, 6) is 0.0189. The van der Waals surface area contributed by atoms with Crippen LogP contribution in [0.3, 0.4) is 0 Å². The lowest BCUT2D eigenvalue weighted by Gasteiger charge is -2.31. The molecule has 0 saturated carbocycles. The number of piperidine rings is 1. The molecule has 1 aliphatic heterocycles. The highest BCUT2D eigenvalue weighted by atomic mass is 32.2. The van der Waals surface area contributed by atoms with E-state index in [2.05, 4.69) is 5.32 Å². The van der Waals surface area contributed by atoms with Gasteiger partial charge in [-0.15, -0.1) is 0 Å². The van der Waals surface area contributed by atoms with Gasteiger partial charge in [0, 0.05) is 39.3 Å². The zero-order valence-electron chi connectivity index (χ0n) is 16.5. The summed E-state index contributed by atoms with van der Waals surface area (Å²) in [7, 11) is -0.589. The largest absolute Gasteiger partial charge is 0.472 e. The van der Waals surface area contributed by atoms with E-state index in [0.717, 1.165) is 17.1 Å². The zero-order chi connectivity index (χ0) is 21.0. The molecule has 2 amide bonds. The molecule has 29 heavy (non-hydrogen) atoms. The highest BCUT2D eigenvalue weighted by Gasteiger charge is 2.24. The molecule has 3 rings (SSSR count). The zero-order valence-corrected chi connectivity index (χ0v) is 17.3. The van der Waals surface area contributed by atoms with Gasteiger partial charge in [-0.3, -0.25) is 9.59 Å². The first-order chi connectivity index (χ1) is 13.8. The Labute approximate surface area is 170 Å². The highest BCUT2D eigenvalue weighted by Crippen LogP contribution is 2.19. The third-order valence-corrected chi connectivity index (χ3v) is 6.95. The lowest BCUT2D eigenvalue weighted by Crippen LogP contribution is -2.41. The number of rotatable bonds is 6. The summed E-state index contributed by atoms with van der Waals surface area (Å²) >= 11 is 0. The van der Waals surface area contributed by atoms with Gasteiger partial charge in [0.15, 0.2) is 0 Å². The number of benzene rings is 1. The third-order valence-electron chi connectivity index (χ3n) is 5.12. The normalized spacial score (nSPS) is 15.5. The Morgan fingerprint density at radius 2 is 1.76 bits per heavy atom. The second-order valence-electron chi connectivity index (χ2n) is 7.27. The van der Waals surface area contributed by atoms with Gasteiger partial charge in [0.2, 0.25) is 10.0 Å². The molecule has 9 heteroatoms. The Morgan fingerprint density at radius 1 is 1.10 bits per heavy atom. The Kier molecular flexibility index (Phi) is 6.39. The van der Waals surface area contributed by atoms with E-state index in [4.69, 9.17) is 4.42 Å². The third kappa shape index (κ3) is 4.86. The molecule has 1 saturated heterocycles. The molecule has 0 radical (unpaired) electrons. The summed E-state index contributed by atoms with van der Waals surface area (Å²) < 4.78 is 30.3. The number of likely N-dealkylation sites (tertiary alicyclic amines) is 1. The number of hydrogen-bond donors (Lipinski definition) is 1. The predicted molar refractivity (Wildman–Crippen MR) is 107 cm³/mol. The molecule has 1 aromatic carbocycles. The molecular weight excluding hydrogens is 394 g/mol. The van der Waals surface area contributed by atoms with Crippen molar-refractivity contribution in [2.45, 2.75) is 17.7 Å². The van der Waals surface area contributed by atoms with Crippen molar-refractivity contribution >= 4 is 21.8 Å². The van der Waals surface area contributed by atoms with Crippen LogP contribution >= 0.6 is 0 Å². The van der Waals surface area contributed by atoms with Crippen molar-refractivity contribution in [3.63, 3.8) is 0 Å². The molecular formula is C20H25N3O5S. The van der Waals surface area contributed by atoms with Crippen molar-refractivity contribution in [1.29, 1.82) is 0 Å². The van der Waals surface area contributed by atoms with Crippen molar-refractivity contribution in [2.75, 3.05) is 33.7 Å². The van der Waals surface area contributed by atoms with Gasteiger partial charge in [-0.2, -0.15) is 0 Å². The fraction of sp³-hybridized carbons (Fsp3) is 0.400. The Balaban J connectivity index is 1.48. The number of hydrogen-bond acceptors (Lipinski definition) is 5. The number of carbonyl (C=O) groups is 2. The maximum absolute atomic E-state index is 12.4. The minimum absolute atomic E-state index is 0.0333. The maximum atomic E-state index is 12.4. The van der Waals surface area contributed by atoms with Gasteiger partial charge in [0.05, 0.1) is 16.7 Å². The van der Waals surface area contributed by atoms with Crippen LogP contribution < -0.4 is 5.32 Å². The number of nitrogens with one attached hydrogen (secondary N) is 1. The minimum Gasteiger partial charge on any atom is -0.472 e. The van der Waals surface area contributed by atoms with E-state index in [1.54, 1.807) is 11.0 Å². The van der Waals surface area contributed by atoms with Crippen LogP contribution in [0.1, 0.15) is 33.6 Å². The van der Waals surface area contributed by atoms with Crippen molar-refractivity contribution < 1.29 is 22.4 Å². The second-order valence-corrected chi connectivity index (χ2v) is 9.42. The molecule has 0 bridgehead atoms. The van der Waals surface area contributed by atoms with Crippen LogP contribution in [0, 0.1) is 5.92 Å². The van der Waals surface area contributed by atoms with Crippen molar-refractivity contribution in [1.82, 2.24) is 14.5 Å². The maximum Gasteiger partial charge on any atom is 0.257 e. The number of carbonyl (C=O) groups excluding carboxylic acids is 2. The van der Waals surface area contributed by atoms with Crippen LogP contribution in [0.2, 0.25) is 0 Å². The summed E-state index contributed by atoms with van der Waals surface area (Å²) in [6.45, 7) is 1.80. The molecule has 1 aromatic heterocycles. The summed E-state index contributed by atoms with van der Waals surface area (Å²) in [6.07, 6.45) is 4.55. The molecule has 1 N–H and O–H groups in total. The monoisotopic (exact) mass is 419 g/mol. The topological polar surface area (TPSA) is 99.9 Å². The van der Waals surface area contributed by atoms with Crippen LogP contribution in [0.25, 0.3) is 0 Å². The average molecular weight is 420 g/mol. The molecule has 156 valence electrons. The predicted octanol–water partition coefficient (Wildman–Crippen LogP) is 1.81. The smallest absolute Gasteiger partial charge is 0.257 e. The van der Waals surface area contributed by atoms with Gasteiger partial charge >= 0.3 is 0 Å². The van der Waals surface area contributed by atoms with Gasteiger partial charge in [0.1, 0.15) is 6.26 Å². The fourth-order valence-corrected chi connectivity index (χ4v) is 4.14. The van der Waals surface area contributed by atoms with Gasteiger partial charge in [-0.1, -0.05) is 0 Å². The van der Waals surface area contributed by atoms with Crippen LogP contribution in [0.5, 0.6) is 0 Å². The van der Waals surface area contributed by atoms with Gasteiger partial charge in [0.25, 0.3) is 11.8 Å². The second kappa shape index (κ2) is 8.79. The molecule has 1 aliphatic rings. The first-order valence-corrected chi connectivity index (χ1v) is 10.9. The highest BCUT2D eigenvalue weighted by molar-refractivity contribution is 7.89. The number of sulfonamides is 1. The van der Waals surface area contributed by atoms with Gasteiger partial charge in [-0.05, 0) is 49.1 Å². The Hall–Kier alpha value is -2.65. The van der Waals surface area contributed by atoms with Crippen molar-refractivity contribution in [3.8, 4) is 0 Å². The number of amides is 2. The van der Waals surface area contributed by atoms with E-state index in [1.165, 1.54) is 50.9 Å². The summed E-state index contributed by atoms with van der Waals surface area (Å²) in [5.41, 5.74) is 0.965. The molecule has 2 aromatic rings. The molecule has 0 atom stereocenters. The molecule has 8 nitrogen and oxygen atoms in total. The molecule has 0 unspecified atom stereocenters. The van der Waals surface area contributed by atoms with Crippen molar-refractivity contribution in [3.05, 3.63) is 54.0 Å². The van der Waals surface area contributed by atoms with E-state index in [1.807, 2.05) is 0 Å². The molecule has 0 aliphatic carbocycles. The first-order valence-electron chi connectivity index (χ1n) is 9.41. The van der Waals surface area contributed by atoms with E-state index in [-0.39, 0.29) is 16.7 Å². The van der Waals surface area contributed by atoms with Crippen LogP contribution in [0.15, 0.2) is 52.2 Å². The summed E-state index contributed by atoms with van der Waals surface area (Å²) in [6, 6.07) is 7.55. The van der Waals surface area contributed by atoms with Crippen molar-refractivity contribution in [2.24, 2.45) is 5.92 Å². The minimum atomic E-state index is -3.51. The average Bonchev–Trinajstić information content (AvgIpc) is 3.26.